The summed E-state index contributed by atoms with van der Waals surface area (Å²) in [6.45, 7) is 0.548. The van der Waals surface area contributed by atoms with Crippen LogP contribution in [0.15, 0.2) is 39.8 Å². The Balaban J connectivity index is 2.09. The number of guanidine groups is 1. The van der Waals surface area contributed by atoms with E-state index in [0.29, 0.717) is 35.5 Å². The smallest absolute Gasteiger partial charge is 0.195 e. The third-order valence-corrected chi connectivity index (χ3v) is 4.41. The van der Waals surface area contributed by atoms with Crippen molar-refractivity contribution in [3.05, 3.63) is 40.4 Å². The molecule has 0 aliphatic heterocycles. The molecule has 2 aromatic rings. The first-order chi connectivity index (χ1) is 13.1. The number of nitrogens with zero attached hydrogens (tertiary/aromatic N) is 1. The van der Waals surface area contributed by atoms with Gasteiger partial charge in [-0.2, -0.15) is 0 Å². The molecular weight excluding hydrogens is 414 g/mol. The Morgan fingerprint density at radius 2 is 1.63 bits per heavy atom. The van der Waals surface area contributed by atoms with E-state index in [9.17, 15) is 0 Å². The Morgan fingerprint density at radius 1 is 0.926 bits per heavy atom. The van der Waals surface area contributed by atoms with Crippen LogP contribution >= 0.6 is 15.9 Å². The van der Waals surface area contributed by atoms with E-state index in [1.54, 1.807) is 35.5 Å². The summed E-state index contributed by atoms with van der Waals surface area (Å²) in [5.41, 5.74) is 1.84. The molecule has 0 saturated heterocycles. The zero-order valence-corrected chi connectivity index (χ0v) is 17.6. The molecule has 0 aliphatic rings. The quantitative estimate of drug-likeness (QED) is 0.508. The number of nitrogens with one attached hydrogen (secondary N) is 2. The minimum absolute atomic E-state index is 0.548. The maximum Gasteiger partial charge on any atom is 0.195 e. The van der Waals surface area contributed by atoms with Gasteiger partial charge in [-0.25, -0.2) is 0 Å². The standard InChI is InChI=1S/C19H24BrN3O4/c1-21-19(23-13-6-7-15(24-2)16(10-13)25-3)22-11-12-8-14(20)18(27-5)17(9-12)26-4/h6-10H,11H2,1-5H3,(H2,21,22,23). The number of benzene rings is 2. The first-order valence-electron chi connectivity index (χ1n) is 8.16. The maximum atomic E-state index is 5.38. The maximum absolute atomic E-state index is 5.38. The van der Waals surface area contributed by atoms with Crippen LogP contribution in [-0.2, 0) is 6.54 Å². The molecule has 0 aromatic heterocycles. The average Bonchev–Trinajstić information content (AvgIpc) is 2.70. The molecule has 0 atom stereocenters. The number of methoxy groups -OCH3 is 4. The number of halogens is 1. The predicted molar refractivity (Wildman–Crippen MR) is 111 cm³/mol. The molecule has 7 nitrogen and oxygen atoms in total. The number of hydrogen-bond acceptors (Lipinski definition) is 5. The van der Waals surface area contributed by atoms with E-state index in [1.807, 2.05) is 30.3 Å². The fraction of sp³-hybridized carbons (Fsp3) is 0.316. The Morgan fingerprint density at radius 3 is 2.22 bits per heavy atom. The molecule has 146 valence electrons. The van der Waals surface area contributed by atoms with Gasteiger partial charge < -0.3 is 29.6 Å². The number of aliphatic imine (C=N–C) groups is 1. The average molecular weight is 438 g/mol. The highest BCUT2D eigenvalue weighted by Gasteiger charge is 2.11. The molecule has 0 spiro atoms. The molecule has 0 aliphatic carbocycles. The summed E-state index contributed by atoms with van der Waals surface area (Å²) in [6.07, 6.45) is 0. The molecule has 0 fully saturated rings. The molecule has 0 saturated carbocycles. The van der Waals surface area contributed by atoms with Crippen LogP contribution in [0.5, 0.6) is 23.0 Å². The predicted octanol–water partition coefficient (Wildman–Crippen LogP) is 3.67. The van der Waals surface area contributed by atoms with Crippen molar-refractivity contribution in [1.82, 2.24) is 5.32 Å². The van der Waals surface area contributed by atoms with Gasteiger partial charge in [0.05, 0.1) is 32.9 Å². The number of anilines is 1. The molecule has 27 heavy (non-hydrogen) atoms. The fourth-order valence-electron chi connectivity index (χ4n) is 2.49. The van der Waals surface area contributed by atoms with Crippen molar-refractivity contribution in [3.63, 3.8) is 0 Å². The zero-order chi connectivity index (χ0) is 19.8. The number of rotatable bonds is 7. The van der Waals surface area contributed by atoms with Crippen molar-refractivity contribution >= 4 is 27.6 Å². The molecule has 0 bridgehead atoms. The van der Waals surface area contributed by atoms with Crippen LogP contribution in [0, 0.1) is 0 Å². The van der Waals surface area contributed by atoms with E-state index < -0.39 is 0 Å². The lowest BCUT2D eigenvalue weighted by Gasteiger charge is -2.15. The summed E-state index contributed by atoms with van der Waals surface area (Å²) >= 11 is 3.50. The number of ether oxygens (including phenoxy) is 4. The molecule has 0 heterocycles. The fourth-order valence-corrected chi connectivity index (χ4v) is 3.14. The van der Waals surface area contributed by atoms with Gasteiger partial charge in [0.25, 0.3) is 0 Å². The second-order valence-corrected chi connectivity index (χ2v) is 6.29. The van der Waals surface area contributed by atoms with E-state index in [0.717, 1.165) is 15.7 Å². The van der Waals surface area contributed by atoms with Gasteiger partial charge in [0.15, 0.2) is 29.0 Å². The largest absolute Gasteiger partial charge is 0.493 e. The Kier molecular flexibility index (Phi) is 7.60. The minimum Gasteiger partial charge on any atom is -0.493 e. The highest BCUT2D eigenvalue weighted by Crippen LogP contribution is 2.36. The first kappa shape index (κ1) is 20.7. The molecule has 2 N–H and O–H groups in total. The first-order valence-corrected chi connectivity index (χ1v) is 8.95. The molecule has 2 rings (SSSR count). The van der Waals surface area contributed by atoms with Gasteiger partial charge in [-0.3, -0.25) is 4.99 Å². The molecule has 0 unspecified atom stereocenters. The van der Waals surface area contributed by atoms with Crippen molar-refractivity contribution < 1.29 is 18.9 Å². The molecule has 0 amide bonds. The second kappa shape index (κ2) is 9.91. The zero-order valence-electron chi connectivity index (χ0n) is 16.1. The summed E-state index contributed by atoms with van der Waals surface area (Å²) in [7, 11) is 8.13. The van der Waals surface area contributed by atoms with Gasteiger partial charge in [-0.1, -0.05) is 0 Å². The van der Waals surface area contributed by atoms with E-state index in [4.69, 9.17) is 18.9 Å². The van der Waals surface area contributed by atoms with Crippen LogP contribution in [0.4, 0.5) is 5.69 Å². The lowest BCUT2D eigenvalue weighted by atomic mass is 10.2. The van der Waals surface area contributed by atoms with Crippen LogP contribution in [-0.4, -0.2) is 41.4 Å². The second-order valence-electron chi connectivity index (χ2n) is 5.43. The van der Waals surface area contributed by atoms with Gasteiger partial charge in [0.1, 0.15) is 0 Å². The van der Waals surface area contributed by atoms with Crippen LogP contribution in [0.2, 0.25) is 0 Å². The van der Waals surface area contributed by atoms with Crippen molar-refractivity contribution in [2.75, 3.05) is 40.8 Å². The highest BCUT2D eigenvalue weighted by atomic mass is 79.9. The Hall–Kier alpha value is -2.61. The van der Waals surface area contributed by atoms with Crippen molar-refractivity contribution in [2.24, 2.45) is 4.99 Å². The van der Waals surface area contributed by atoms with Crippen LogP contribution in [0.1, 0.15) is 5.56 Å². The van der Waals surface area contributed by atoms with Gasteiger partial charge in [-0.15, -0.1) is 0 Å². The molecule has 2 aromatic carbocycles. The van der Waals surface area contributed by atoms with Crippen LogP contribution in [0.25, 0.3) is 0 Å². The summed E-state index contributed by atoms with van der Waals surface area (Å²) < 4.78 is 22.1. The van der Waals surface area contributed by atoms with E-state index in [-0.39, 0.29) is 0 Å². The summed E-state index contributed by atoms with van der Waals surface area (Å²) in [5, 5.41) is 6.49. The highest BCUT2D eigenvalue weighted by molar-refractivity contribution is 9.10. The monoisotopic (exact) mass is 437 g/mol. The van der Waals surface area contributed by atoms with Gasteiger partial charge in [0, 0.05) is 25.3 Å². The third kappa shape index (κ3) is 5.19. The Labute approximate surface area is 167 Å². The summed E-state index contributed by atoms with van der Waals surface area (Å²) in [6, 6.07) is 9.46. The topological polar surface area (TPSA) is 73.3 Å². The van der Waals surface area contributed by atoms with Gasteiger partial charge >= 0.3 is 0 Å². The van der Waals surface area contributed by atoms with Crippen molar-refractivity contribution in [1.29, 1.82) is 0 Å². The summed E-state index contributed by atoms with van der Waals surface area (Å²) in [5.74, 6) is 3.25. The van der Waals surface area contributed by atoms with Crippen LogP contribution < -0.4 is 29.6 Å². The molecule has 8 heteroatoms. The van der Waals surface area contributed by atoms with Gasteiger partial charge in [-0.05, 0) is 45.8 Å². The SMILES string of the molecule is CN=C(NCc1cc(Br)c(OC)c(OC)c1)Nc1ccc(OC)c(OC)c1. The molecule has 0 radical (unpaired) electrons. The van der Waals surface area contributed by atoms with Crippen LogP contribution in [0.3, 0.4) is 0 Å². The third-order valence-electron chi connectivity index (χ3n) is 3.82. The lowest BCUT2D eigenvalue weighted by Crippen LogP contribution is -2.30. The summed E-state index contributed by atoms with van der Waals surface area (Å²) in [4.78, 5) is 4.25. The number of hydrogen-bond donors (Lipinski definition) is 2. The lowest BCUT2D eigenvalue weighted by molar-refractivity contribution is 0.352. The molecular formula is C19H24BrN3O4. The van der Waals surface area contributed by atoms with Gasteiger partial charge in [0.2, 0.25) is 0 Å². The van der Waals surface area contributed by atoms with E-state index in [2.05, 4.69) is 31.6 Å². The Bertz CT molecular complexity index is 812. The van der Waals surface area contributed by atoms with E-state index >= 15 is 0 Å². The van der Waals surface area contributed by atoms with E-state index in [1.165, 1.54) is 0 Å². The van der Waals surface area contributed by atoms with Crippen molar-refractivity contribution in [3.8, 4) is 23.0 Å². The normalized spacial score (nSPS) is 11.0. The van der Waals surface area contributed by atoms with Crippen molar-refractivity contribution in [2.45, 2.75) is 6.54 Å². The minimum atomic E-state index is 0.548.